The lowest BCUT2D eigenvalue weighted by Crippen LogP contribution is -2.63. The molecular formula is C24H32F3N5O2. The monoisotopic (exact) mass is 479 g/mol. The number of hydrogen-bond acceptors (Lipinski definition) is 6. The Labute approximate surface area is 197 Å². The molecule has 2 fully saturated rings. The van der Waals surface area contributed by atoms with E-state index in [9.17, 15) is 23.1 Å². The number of alkyl halides is 3. The van der Waals surface area contributed by atoms with Gasteiger partial charge >= 0.3 is 6.18 Å². The lowest BCUT2D eigenvalue weighted by molar-refractivity contribution is -0.137. The van der Waals surface area contributed by atoms with E-state index in [-0.39, 0.29) is 35.9 Å². The van der Waals surface area contributed by atoms with Crippen molar-refractivity contribution in [1.29, 1.82) is 0 Å². The number of rotatable bonds is 7. The van der Waals surface area contributed by atoms with Crippen LogP contribution < -0.4 is 10.6 Å². The predicted molar refractivity (Wildman–Crippen MR) is 123 cm³/mol. The predicted octanol–water partition coefficient (Wildman–Crippen LogP) is 3.44. The quantitative estimate of drug-likeness (QED) is 0.564. The van der Waals surface area contributed by atoms with Gasteiger partial charge < -0.3 is 15.7 Å². The number of hydrogen-bond donors (Lipinski definition) is 3. The van der Waals surface area contributed by atoms with Crippen LogP contribution in [-0.4, -0.2) is 63.9 Å². The van der Waals surface area contributed by atoms with Gasteiger partial charge in [-0.1, -0.05) is 13.8 Å². The number of amides is 1. The molecule has 2 aliphatic rings. The minimum Gasteiger partial charge on any atom is -0.393 e. The van der Waals surface area contributed by atoms with E-state index in [0.717, 1.165) is 50.9 Å². The standard InChI is InChI=1S/C24H32F3N5O2/c1-14(2)23(34)15-3-6-18(7-4-15)32-12-17(13-32)30-22(33)11-28-21-10-29-31-20-8-5-16(9-19(20)21)24(25,26)27/h5,8-10,14-15,17-18,23,34H,3-4,6-7,11-13H2,1-2H3,(H,28,31)(H,30,33)/t15-,18-,23-/m1/s1. The van der Waals surface area contributed by atoms with E-state index >= 15 is 0 Å². The second kappa shape index (κ2) is 10.0. The maximum atomic E-state index is 13.1. The number of likely N-dealkylation sites (tertiary alicyclic amines) is 1. The minimum atomic E-state index is -4.46. The number of aliphatic hydroxyl groups is 1. The number of aromatic nitrogens is 2. The van der Waals surface area contributed by atoms with E-state index in [2.05, 4.69) is 39.6 Å². The van der Waals surface area contributed by atoms with Gasteiger partial charge in [0.05, 0.1) is 41.7 Å². The third-order valence-electron chi connectivity index (χ3n) is 7.10. The van der Waals surface area contributed by atoms with Crippen molar-refractivity contribution in [2.75, 3.05) is 25.0 Å². The molecule has 34 heavy (non-hydrogen) atoms. The summed E-state index contributed by atoms with van der Waals surface area (Å²) in [6, 6.07) is 3.82. The highest BCUT2D eigenvalue weighted by Gasteiger charge is 2.36. The highest BCUT2D eigenvalue weighted by atomic mass is 19.4. The number of carbonyl (C=O) groups excluding carboxylic acids is 1. The molecule has 10 heteroatoms. The fourth-order valence-electron chi connectivity index (χ4n) is 5.08. The fraction of sp³-hybridized carbons (Fsp3) is 0.625. The Balaban J connectivity index is 1.24. The first kappa shape index (κ1) is 24.7. The first-order chi connectivity index (χ1) is 16.1. The van der Waals surface area contributed by atoms with Crippen molar-refractivity contribution in [2.45, 2.75) is 63.9 Å². The van der Waals surface area contributed by atoms with Crippen LogP contribution in [0.25, 0.3) is 10.9 Å². The summed E-state index contributed by atoms with van der Waals surface area (Å²) >= 11 is 0. The van der Waals surface area contributed by atoms with Crippen molar-refractivity contribution in [2.24, 2.45) is 11.8 Å². The van der Waals surface area contributed by atoms with Crippen molar-refractivity contribution < 1.29 is 23.1 Å². The normalized spacial score (nSPS) is 23.0. The topological polar surface area (TPSA) is 90.4 Å². The molecule has 3 N–H and O–H groups in total. The second-order valence-corrected chi connectivity index (χ2v) is 9.86. The van der Waals surface area contributed by atoms with E-state index in [0.29, 0.717) is 23.2 Å². The highest BCUT2D eigenvalue weighted by Crippen LogP contribution is 2.34. The number of aliphatic hydroxyl groups excluding tert-OH is 1. The molecule has 0 bridgehead atoms. The van der Waals surface area contributed by atoms with Crippen LogP contribution in [0.2, 0.25) is 0 Å². The number of benzene rings is 1. The van der Waals surface area contributed by atoms with Gasteiger partial charge in [-0.2, -0.15) is 23.4 Å². The van der Waals surface area contributed by atoms with Gasteiger partial charge in [0.15, 0.2) is 0 Å². The van der Waals surface area contributed by atoms with E-state index in [1.54, 1.807) is 0 Å². The molecule has 2 aromatic rings. The van der Waals surface area contributed by atoms with Crippen LogP contribution in [0.1, 0.15) is 45.1 Å². The zero-order chi connectivity index (χ0) is 24.5. The molecule has 4 rings (SSSR count). The number of nitrogens with zero attached hydrogens (tertiary/aromatic N) is 3. The summed E-state index contributed by atoms with van der Waals surface area (Å²) in [5.41, 5.74) is -0.117. The summed E-state index contributed by atoms with van der Waals surface area (Å²) < 4.78 is 39.2. The Morgan fingerprint density at radius 3 is 2.56 bits per heavy atom. The Kier molecular flexibility index (Phi) is 7.28. The molecule has 0 spiro atoms. The largest absolute Gasteiger partial charge is 0.416 e. The van der Waals surface area contributed by atoms with Crippen molar-refractivity contribution in [3.8, 4) is 0 Å². The Bertz CT molecular complexity index is 1000. The molecule has 1 aliphatic heterocycles. The van der Waals surface area contributed by atoms with Crippen LogP contribution in [0.15, 0.2) is 24.4 Å². The number of carbonyl (C=O) groups is 1. The van der Waals surface area contributed by atoms with E-state index in [1.165, 1.54) is 12.3 Å². The van der Waals surface area contributed by atoms with E-state index < -0.39 is 11.7 Å². The Hall–Kier alpha value is -2.46. The van der Waals surface area contributed by atoms with Crippen molar-refractivity contribution in [1.82, 2.24) is 20.4 Å². The van der Waals surface area contributed by atoms with E-state index in [4.69, 9.17) is 0 Å². The zero-order valence-corrected chi connectivity index (χ0v) is 19.5. The van der Waals surface area contributed by atoms with Crippen LogP contribution in [0.3, 0.4) is 0 Å². The Morgan fingerprint density at radius 2 is 1.91 bits per heavy atom. The summed E-state index contributed by atoms with van der Waals surface area (Å²) in [5.74, 6) is 0.446. The highest BCUT2D eigenvalue weighted by molar-refractivity contribution is 5.92. The van der Waals surface area contributed by atoms with Gasteiger partial charge in [-0.15, -0.1) is 0 Å². The molecule has 7 nitrogen and oxygen atoms in total. The van der Waals surface area contributed by atoms with Crippen molar-refractivity contribution >= 4 is 22.5 Å². The van der Waals surface area contributed by atoms with Gasteiger partial charge in [-0.05, 0) is 55.7 Å². The maximum absolute atomic E-state index is 13.1. The summed E-state index contributed by atoms with van der Waals surface area (Å²) in [4.78, 5) is 14.8. The average molecular weight is 480 g/mol. The first-order valence-corrected chi connectivity index (χ1v) is 11.9. The van der Waals surface area contributed by atoms with Crippen molar-refractivity contribution in [3.05, 3.63) is 30.0 Å². The van der Waals surface area contributed by atoms with Crippen LogP contribution >= 0.6 is 0 Å². The minimum absolute atomic E-state index is 0.0638. The number of fused-ring (bicyclic) bond motifs is 1. The molecule has 0 unspecified atom stereocenters. The molecule has 1 aromatic carbocycles. The number of anilines is 1. The van der Waals surface area contributed by atoms with Gasteiger partial charge in [0.1, 0.15) is 0 Å². The molecule has 0 radical (unpaired) electrons. The molecular weight excluding hydrogens is 447 g/mol. The SMILES string of the molecule is CC(C)[C@@H](O)[C@H]1CC[C@H](N2CC(NC(=O)CNc3cnnc4ccc(C(F)(F)F)cc34)C2)CC1. The summed E-state index contributed by atoms with van der Waals surface area (Å²) in [6.45, 7) is 5.64. The molecule has 1 aliphatic carbocycles. The van der Waals surface area contributed by atoms with Crippen LogP contribution in [0, 0.1) is 11.8 Å². The smallest absolute Gasteiger partial charge is 0.393 e. The summed E-state index contributed by atoms with van der Waals surface area (Å²) in [5, 5.41) is 24.1. The van der Waals surface area contributed by atoms with Gasteiger partial charge in [-0.25, -0.2) is 0 Å². The third kappa shape index (κ3) is 5.60. The maximum Gasteiger partial charge on any atom is 0.416 e. The molecule has 186 valence electrons. The van der Waals surface area contributed by atoms with Gasteiger partial charge in [0.2, 0.25) is 5.91 Å². The summed E-state index contributed by atoms with van der Waals surface area (Å²) in [7, 11) is 0. The van der Waals surface area contributed by atoms with Gasteiger partial charge in [0.25, 0.3) is 0 Å². The average Bonchev–Trinajstić information content (AvgIpc) is 2.78. The van der Waals surface area contributed by atoms with E-state index in [1.807, 2.05) is 0 Å². The van der Waals surface area contributed by atoms with Gasteiger partial charge in [-0.3, -0.25) is 9.69 Å². The van der Waals surface area contributed by atoms with Crippen molar-refractivity contribution in [3.63, 3.8) is 0 Å². The molecule has 1 amide bonds. The first-order valence-electron chi connectivity index (χ1n) is 11.9. The number of halogens is 3. The molecule has 1 saturated heterocycles. The molecule has 2 heterocycles. The van der Waals surface area contributed by atoms with Gasteiger partial charge in [0, 0.05) is 24.5 Å². The number of nitrogens with one attached hydrogen (secondary N) is 2. The molecule has 1 saturated carbocycles. The fourth-order valence-corrected chi connectivity index (χ4v) is 5.08. The van der Waals surface area contributed by atoms with Crippen LogP contribution in [-0.2, 0) is 11.0 Å². The third-order valence-corrected chi connectivity index (χ3v) is 7.10. The van der Waals surface area contributed by atoms with Crippen LogP contribution in [0.4, 0.5) is 18.9 Å². The lowest BCUT2D eigenvalue weighted by atomic mass is 9.78. The molecule has 1 aromatic heterocycles. The second-order valence-electron chi connectivity index (χ2n) is 9.86. The molecule has 1 atom stereocenters. The zero-order valence-electron chi connectivity index (χ0n) is 19.5. The Morgan fingerprint density at radius 1 is 1.21 bits per heavy atom. The summed E-state index contributed by atoms with van der Waals surface area (Å²) in [6.07, 6.45) is 0.835. The lowest BCUT2D eigenvalue weighted by Gasteiger charge is -2.47. The van der Waals surface area contributed by atoms with Crippen LogP contribution in [0.5, 0.6) is 0 Å².